The largest absolute Gasteiger partial charge is 0.496 e. The molecule has 0 aliphatic heterocycles. The van der Waals surface area contributed by atoms with Crippen LogP contribution < -0.4 is 14.8 Å². The number of carbonyl (C=O) groups excluding carboxylic acids is 1. The molecule has 2 aromatic carbocycles. The van der Waals surface area contributed by atoms with E-state index >= 15 is 0 Å². The fourth-order valence-electron chi connectivity index (χ4n) is 2.78. The van der Waals surface area contributed by atoms with Crippen molar-refractivity contribution in [3.63, 3.8) is 0 Å². The quantitative estimate of drug-likeness (QED) is 0.404. The van der Waals surface area contributed by atoms with Crippen LogP contribution in [0.15, 0.2) is 77.4 Å². The monoisotopic (exact) mass is 464 g/mol. The number of nitrogens with zero attached hydrogens (tertiary/aromatic N) is 2. The summed E-state index contributed by atoms with van der Waals surface area (Å²) in [6.45, 7) is 0. The van der Waals surface area contributed by atoms with Gasteiger partial charge in [-0.05, 0) is 42.5 Å². The lowest BCUT2D eigenvalue weighted by Gasteiger charge is -2.06. The van der Waals surface area contributed by atoms with Gasteiger partial charge in [0.1, 0.15) is 11.5 Å². The van der Waals surface area contributed by atoms with Gasteiger partial charge in [0.2, 0.25) is 5.88 Å². The summed E-state index contributed by atoms with van der Waals surface area (Å²) in [5.74, 6) is 1.84. The van der Waals surface area contributed by atoms with Crippen molar-refractivity contribution in [2.45, 2.75) is 0 Å². The van der Waals surface area contributed by atoms with Crippen LogP contribution in [0.3, 0.4) is 0 Å². The smallest absolute Gasteiger partial charge is 0.258 e. The summed E-state index contributed by atoms with van der Waals surface area (Å²) in [6.07, 6.45) is 1.46. The lowest BCUT2D eigenvalue weighted by Crippen LogP contribution is -2.12. The second-order valence-corrected chi connectivity index (χ2v) is 7.18. The van der Waals surface area contributed by atoms with Gasteiger partial charge in [-0.15, -0.1) is 0 Å². The fourth-order valence-corrected chi connectivity index (χ4v) is 3.04. The van der Waals surface area contributed by atoms with Crippen molar-refractivity contribution in [1.29, 1.82) is 0 Å². The minimum absolute atomic E-state index is 0.323. The molecule has 30 heavy (non-hydrogen) atoms. The summed E-state index contributed by atoms with van der Waals surface area (Å²) in [7, 11) is 1.61. The van der Waals surface area contributed by atoms with Gasteiger partial charge in [-0.2, -0.15) is 5.10 Å². The predicted molar refractivity (Wildman–Crippen MR) is 117 cm³/mol. The molecule has 2 heterocycles. The number of pyridine rings is 1. The molecule has 0 radical (unpaired) electrons. The van der Waals surface area contributed by atoms with E-state index in [1.165, 1.54) is 6.20 Å². The molecular weight excluding hydrogens is 448 g/mol. The molecule has 0 aliphatic rings. The number of nitrogens with one attached hydrogen (secondary N) is 2. The van der Waals surface area contributed by atoms with Crippen molar-refractivity contribution in [2.75, 3.05) is 12.4 Å². The van der Waals surface area contributed by atoms with Crippen LogP contribution in [-0.2, 0) is 0 Å². The van der Waals surface area contributed by atoms with Gasteiger partial charge in [-0.25, -0.2) is 4.98 Å². The van der Waals surface area contributed by atoms with Crippen molar-refractivity contribution in [2.24, 2.45) is 0 Å². The molecule has 8 heteroatoms. The van der Waals surface area contributed by atoms with Gasteiger partial charge >= 0.3 is 0 Å². The summed E-state index contributed by atoms with van der Waals surface area (Å²) < 4.78 is 12.0. The number of hydrogen-bond acceptors (Lipinski definition) is 5. The first-order valence-corrected chi connectivity index (χ1v) is 9.81. The zero-order valence-corrected chi connectivity index (χ0v) is 17.5. The Morgan fingerprint density at radius 3 is 2.60 bits per heavy atom. The number of anilines is 1. The molecule has 0 saturated heterocycles. The third kappa shape index (κ3) is 4.49. The third-order valence-corrected chi connectivity index (χ3v) is 4.78. The van der Waals surface area contributed by atoms with Gasteiger partial charge in [-0.3, -0.25) is 9.89 Å². The Bertz CT molecular complexity index is 1160. The average molecular weight is 465 g/mol. The number of ether oxygens (including phenoxy) is 2. The maximum Gasteiger partial charge on any atom is 0.258 e. The molecule has 4 aromatic rings. The number of halogens is 1. The first kappa shape index (κ1) is 19.7. The highest BCUT2D eigenvalue weighted by Crippen LogP contribution is 2.29. The van der Waals surface area contributed by atoms with E-state index in [1.807, 2.05) is 48.5 Å². The van der Waals surface area contributed by atoms with Crippen LogP contribution in [0.5, 0.6) is 17.4 Å². The van der Waals surface area contributed by atoms with E-state index in [1.54, 1.807) is 25.3 Å². The van der Waals surface area contributed by atoms with Crippen molar-refractivity contribution < 1.29 is 14.3 Å². The highest BCUT2D eigenvalue weighted by atomic mass is 79.9. The maximum atomic E-state index is 12.5. The minimum Gasteiger partial charge on any atom is -0.496 e. The number of aromatic amines is 1. The Hall–Kier alpha value is -3.65. The number of hydrogen-bond donors (Lipinski definition) is 2. The first-order valence-electron chi connectivity index (χ1n) is 9.02. The molecule has 150 valence electrons. The Morgan fingerprint density at radius 2 is 1.87 bits per heavy atom. The molecule has 7 nitrogen and oxygen atoms in total. The number of carbonyl (C=O) groups is 1. The number of para-hydroxylation sites is 1. The van der Waals surface area contributed by atoms with Crippen LogP contribution >= 0.6 is 15.9 Å². The van der Waals surface area contributed by atoms with Crippen LogP contribution in [-0.4, -0.2) is 28.2 Å². The molecule has 2 aromatic heterocycles. The van der Waals surface area contributed by atoms with Gasteiger partial charge in [0.15, 0.2) is 5.82 Å². The van der Waals surface area contributed by atoms with E-state index in [0.717, 1.165) is 15.7 Å². The number of rotatable bonds is 6. The summed E-state index contributed by atoms with van der Waals surface area (Å²) in [5, 5.41) is 9.82. The van der Waals surface area contributed by atoms with E-state index in [-0.39, 0.29) is 5.91 Å². The molecule has 0 unspecified atom stereocenters. The second kappa shape index (κ2) is 8.79. The fraction of sp³-hybridized carbons (Fsp3) is 0.0455. The van der Waals surface area contributed by atoms with Crippen molar-refractivity contribution >= 4 is 27.7 Å². The molecule has 0 aliphatic carbocycles. The third-order valence-electron chi connectivity index (χ3n) is 4.25. The Balaban J connectivity index is 1.43. The van der Waals surface area contributed by atoms with Crippen LogP contribution in [0.4, 0.5) is 5.82 Å². The van der Waals surface area contributed by atoms with Gasteiger partial charge in [0.05, 0.1) is 18.4 Å². The lowest BCUT2D eigenvalue weighted by atomic mass is 10.1. The van der Waals surface area contributed by atoms with Crippen molar-refractivity contribution in [1.82, 2.24) is 15.2 Å². The van der Waals surface area contributed by atoms with Crippen LogP contribution in [0, 0.1) is 0 Å². The number of methoxy groups -OCH3 is 1. The number of amides is 1. The molecule has 1 amide bonds. The normalized spacial score (nSPS) is 10.5. The molecule has 2 N–H and O–H groups in total. The predicted octanol–water partition coefficient (Wildman–Crippen LogP) is 5.29. The molecular formula is C22H17BrN4O3. The van der Waals surface area contributed by atoms with Gasteiger partial charge in [-0.1, -0.05) is 28.1 Å². The molecule has 0 fully saturated rings. The highest BCUT2D eigenvalue weighted by Gasteiger charge is 2.12. The summed E-state index contributed by atoms with van der Waals surface area (Å²) in [6, 6.07) is 20.0. The number of H-pyrrole nitrogens is 1. The zero-order chi connectivity index (χ0) is 20.9. The maximum absolute atomic E-state index is 12.5. The molecule has 0 spiro atoms. The number of benzene rings is 2. The Morgan fingerprint density at radius 1 is 1.07 bits per heavy atom. The summed E-state index contributed by atoms with van der Waals surface area (Å²) >= 11 is 3.38. The summed E-state index contributed by atoms with van der Waals surface area (Å²) in [4.78, 5) is 16.7. The van der Waals surface area contributed by atoms with Crippen molar-refractivity contribution in [3.05, 3.63) is 83.0 Å². The number of aromatic nitrogens is 3. The van der Waals surface area contributed by atoms with Crippen LogP contribution in [0.2, 0.25) is 0 Å². The Kier molecular flexibility index (Phi) is 5.76. The van der Waals surface area contributed by atoms with Gasteiger partial charge < -0.3 is 14.8 Å². The van der Waals surface area contributed by atoms with Crippen LogP contribution in [0.1, 0.15) is 10.4 Å². The van der Waals surface area contributed by atoms with E-state index in [4.69, 9.17) is 9.47 Å². The zero-order valence-electron chi connectivity index (χ0n) is 15.9. The van der Waals surface area contributed by atoms with Crippen molar-refractivity contribution in [3.8, 4) is 28.6 Å². The molecule has 0 saturated carbocycles. The van der Waals surface area contributed by atoms with E-state index in [2.05, 4.69) is 36.4 Å². The highest BCUT2D eigenvalue weighted by molar-refractivity contribution is 9.10. The molecule has 0 atom stereocenters. The second-order valence-electron chi connectivity index (χ2n) is 6.26. The van der Waals surface area contributed by atoms with Gasteiger partial charge in [0, 0.05) is 28.4 Å². The van der Waals surface area contributed by atoms with E-state index in [0.29, 0.717) is 28.8 Å². The Labute approximate surface area is 181 Å². The molecule has 4 rings (SSSR count). The minimum atomic E-state index is -0.323. The standard InChI is InChI=1S/C22H17BrN4O3/c1-29-19-5-3-2-4-17(19)18-12-20(27-26-18)25-22(28)14-6-11-21(24-13-14)30-16-9-7-15(23)8-10-16/h2-13H,1H3,(H2,25,26,27,28). The summed E-state index contributed by atoms with van der Waals surface area (Å²) in [5.41, 5.74) is 1.98. The van der Waals surface area contributed by atoms with Crippen LogP contribution in [0.25, 0.3) is 11.3 Å². The van der Waals surface area contributed by atoms with E-state index in [9.17, 15) is 4.79 Å². The first-order chi connectivity index (χ1) is 14.6. The lowest BCUT2D eigenvalue weighted by molar-refractivity contribution is 0.102. The SMILES string of the molecule is COc1ccccc1-c1cc(NC(=O)c2ccc(Oc3ccc(Br)cc3)nc2)n[nH]1. The average Bonchev–Trinajstić information content (AvgIpc) is 3.24. The molecule has 0 bridgehead atoms. The van der Waals surface area contributed by atoms with E-state index < -0.39 is 0 Å². The van der Waals surface area contributed by atoms with Gasteiger partial charge in [0.25, 0.3) is 5.91 Å². The topological polar surface area (TPSA) is 89.1 Å².